The number of anilines is 1. The van der Waals surface area contributed by atoms with Gasteiger partial charge in [-0.15, -0.1) is 0 Å². The first kappa shape index (κ1) is 14.2. The molecule has 1 aromatic heterocycles. The molecule has 5 heteroatoms. The van der Waals surface area contributed by atoms with E-state index in [1.54, 1.807) is 16.7 Å². The first-order chi connectivity index (χ1) is 9.49. The zero-order valence-corrected chi connectivity index (χ0v) is 12.3. The van der Waals surface area contributed by atoms with Gasteiger partial charge < -0.3 is 19.8 Å². The van der Waals surface area contributed by atoms with Crippen molar-refractivity contribution < 1.29 is 9.47 Å². The Morgan fingerprint density at radius 2 is 2.00 bits per heavy atom. The van der Waals surface area contributed by atoms with Gasteiger partial charge in [-0.05, 0) is 39.0 Å². The molecule has 1 aromatic carbocycles. The minimum Gasteiger partial charge on any atom is -0.492 e. The molecule has 0 bridgehead atoms. The molecular formula is C15H20N2O3. The molecule has 0 spiro atoms. The van der Waals surface area contributed by atoms with E-state index in [4.69, 9.17) is 15.2 Å². The normalized spacial score (nSPS) is 11.1. The molecule has 0 saturated heterocycles. The van der Waals surface area contributed by atoms with Crippen molar-refractivity contribution in [1.82, 2.24) is 4.57 Å². The Morgan fingerprint density at radius 1 is 1.30 bits per heavy atom. The van der Waals surface area contributed by atoms with E-state index < -0.39 is 0 Å². The highest BCUT2D eigenvalue weighted by Gasteiger charge is 2.19. The van der Waals surface area contributed by atoms with E-state index in [1.807, 2.05) is 26.8 Å². The Labute approximate surface area is 117 Å². The van der Waals surface area contributed by atoms with Gasteiger partial charge in [-0.2, -0.15) is 0 Å². The van der Waals surface area contributed by atoms with Crippen molar-refractivity contribution in [2.75, 3.05) is 12.8 Å². The lowest BCUT2D eigenvalue weighted by molar-refractivity contribution is 0.226. The lowest BCUT2D eigenvalue weighted by Gasteiger charge is -2.18. The monoisotopic (exact) mass is 276 g/mol. The largest absolute Gasteiger partial charge is 0.492 e. The molecule has 2 aromatic rings. The highest BCUT2D eigenvalue weighted by Crippen LogP contribution is 2.33. The summed E-state index contributed by atoms with van der Waals surface area (Å²) in [5.74, 6) is 0.713. The van der Waals surface area contributed by atoms with Gasteiger partial charge in [-0.3, -0.25) is 4.79 Å². The second-order valence-corrected chi connectivity index (χ2v) is 4.85. The number of aryl methyl sites for hydroxylation is 1. The van der Waals surface area contributed by atoms with Gasteiger partial charge in [0.2, 0.25) is 5.75 Å². The van der Waals surface area contributed by atoms with Crippen LogP contribution in [-0.2, 0) is 6.54 Å². The minimum atomic E-state index is -0.198. The van der Waals surface area contributed by atoms with Crippen molar-refractivity contribution in [1.29, 1.82) is 0 Å². The van der Waals surface area contributed by atoms with Crippen LogP contribution in [0.25, 0.3) is 10.9 Å². The van der Waals surface area contributed by atoms with Crippen molar-refractivity contribution in [2.45, 2.75) is 33.4 Å². The molecule has 0 atom stereocenters. The summed E-state index contributed by atoms with van der Waals surface area (Å²) < 4.78 is 12.7. The minimum absolute atomic E-state index is 0.104. The number of pyridine rings is 1. The maximum Gasteiger partial charge on any atom is 0.297 e. The zero-order chi connectivity index (χ0) is 14.9. The summed E-state index contributed by atoms with van der Waals surface area (Å²) in [6.07, 6.45) is -0.104. The molecule has 20 heavy (non-hydrogen) atoms. The van der Waals surface area contributed by atoms with Crippen molar-refractivity contribution >= 4 is 16.6 Å². The van der Waals surface area contributed by atoms with Gasteiger partial charge in [0.1, 0.15) is 0 Å². The lowest BCUT2D eigenvalue weighted by atomic mass is 10.1. The van der Waals surface area contributed by atoms with Crippen LogP contribution in [0.1, 0.15) is 20.8 Å². The third kappa shape index (κ3) is 2.31. The predicted octanol–water partition coefficient (Wildman–Crippen LogP) is 2.40. The molecule has 0 aliphatic rings. The van der Waals surface area contributed by atoms with Crippen LogP contribution in [0.4, 0.5) is 5.69 Å². The highest BCUT2D eigenvalue weighted by molar-refractivity contribution is 5.90. The van der Waals surface area contributed by atoms with E-state index in [9.17, 15) is 4.79 Å². The quantitative estimate of drug-likeness (QED) is 0.871. The van der Waals surface area contributed by atoms with E-state index in [0.717, 1.165) is 10.9 Å². The molecular weight excluding hydrogens is 256 g/mol. The fourth-order valence-corrected chi connectivity index (χ4v) is 2.27. The maximum atomic E-state index is 12.6. The molecule has 0 fully saturated rings. The van der Waals surface area contributed by atoms with E-state index in [0.29, 0.717) is 18.0 Å². The van der Waals surface area contributed by atoms with E-state index in [1.165, 1.54) is 7.11 Å². The van der Waals surface area contributed by atoms with Gasteiger partial charge in [-0.1, -0.05) is 0 Å². The van der Waals surface area contributed by atoms with Crippen LogP contribution in [-0.4, -0.2) is 17.8 Å². The number of rotatable bonds is 4. The fraction of sp³-hybridized carbons (Fsp3) is 0.400. The number of aromatic nitrogens is 1. The zero-order valence-electron chi connectivity index (χ0n) is 12.3. The average Bonchev–Trinajstić information content (AvgIpc) is 2.39. The molecule has 5 nitrogen and oxygen atoms in total. The number of hydrogen-bond acceptors (Lipinski definition) is 4. The third-order valence-electron chi connectivity index (χ3n) is 3.08. The van der Waals surface area contributed by atoms with Gasteiger partial charge in [-0.25, -0.2) is 0 Å². The van der Waals surface area contributed by atoms with Gasteiger partial charge in [0.05, 0.1) is 18.7 Å². The van der Waals surface area contributed by atoms with Gasteiger partial charge in [0, 0.05) is 17.6 Å². The summed E-state index contributed by atoms with van der Waals surface area (Å²) in [5, 5.41) is 0.818. The Kier molecular flexibility index (Phi) is 3.88. The number of nitrogen functional groups attached to an aromatic ring is 1. The Morgan fingerprint density at radius 3 is 2.55 bits per heavy atom. The van der Waals surface area contributed by atoms with Gasteiger partial charge in [0.15, 0.2) is 5.75 Å². The predicted molar refractivity (Wildman–Crippen MR) is 80.6 cm³/mol. The molecule has 0 aliphatic carbocycles. The highest BCUT2D eigenvalue weighted by atomic mass is 16.5. The van der Waals surface area contributed by atoms with Crippen LogP contribution in [0.5, 0.6) is 11.5 Å². The van der Waals surface area contributed by atoms with E-state index >= 15 is 0 Å². The molecule has 0 saturated carbocycles. The Balaban J connectivity index is 2.89. The average molecular weight is 276 g/mol. The van der Waals surface area contributed by atoms with Crippen LogP contribution in [0.15, 0.2) is 23.0 Å². The van der Waals surface area contributed by atoms with Crippen LogP contribution < -0.4 is 20.8 Å². The number of ether oxygens (including phenoxy) is 2. The van der Waals surface area contributed by atoms with Crippen LogP contribution in [0.2, 0.25) is 0 Å². The molecule has 2 rings (SSSR count). The van der Waals surface area contributed by atoms with Crippen molar-refractivity contribution in [3.8, 4) is 11.5 Å². The molecule has 0 aliphatic heterocycles. The van der Waals surface area contributed by atoms with E-state index in [2.05, 4.69) is 0 Å². The van der Waals surface area contributed by atoms with Crippen LogP contribution in [0, 0.1) is 0 Å². The molecule has 0 amide bonds. The topological polar surface area (TPSA) is 66.5 Å². The summed E-state index contributed by atoms with van der Waals surface area (Å²) in [6, 6.07) is 5.42. The fourth-order valence-electron chi connectivity index (χ4n) is 2.27. The standard InChI is InChI=1S/C15H20N2O3/c1-5-17-12-8-10(16)6-7-11(12)13(19-4)14(15(17)18)20-9(2)3/h6-9H,5,16H2,1-4H3. The Bertz CT molecular complexity index is 690. The van der Waals surface area contributed by atoms with Crippen molar-refractivity contribution in [3.63, 3.8) is 0 Å². The second kappa shape index (κ2) is 5.45. The number of nitrogens with zero attached hydrogens (tertiary/aromatic N) is 1. The molecule has 1 heterocycles. The number of benzene rings is 1. The summed E-state index contributed by atoms with van der Waals surface area (Å²) in [6.45, 7) is 6.21. The Hall–Kier alpha value is -2.17. The summed E-state index contributed by atoms with van der Waals surface area (Å²) in [7, 11) is 1.54. The number of hydrogen-bond donors (Lipinski definition) is 1. The smallest absolute Gasteiger partial charge is 0.297 e. The first-order valence-electron chi connectivity index (χ1n) is 6.66. The van der Waals surface area contributed by atoms with Crippen LogP contribution >= 0.6 is 0 Å². The number of fused-ring (bicyclic) bond motifs is 1. The van der Waals surface area contributed by atoms with E-state index in [-0.39, 0.29) is 17.4 Å². The third-order valence-corrected chi connectivity index (χ3v) is 3.08. The SMILES string of the molecule is CCn1c(=O)c(OC(C)C)c(OC)c2ccc(N)cc21. The molecule has 108 valence electrons. The summed E-state index contributed by atoms with van der Waals surface area (Å²) in [5.41, 5.74) is 6.99. The molecule has 2 N–H and O–H groups in total. The lowest BCUT2D eigenvalue weighted by Crippen LogP contribution is -2.24. The van der Waals surface area contributed by atoms with Gasteiger partial charge >= 0.3 is 0 Å². The summed E-state index contributed by atoms with van der Waals surface area (Å²) >= 11 is 0. The number of methoxy groups -OCH3 is 1. The maximum absolute atomic E-state index is 12.6. The van der Waals surface area contributed by atoms with Crippen molar-refractivity contribution in [3.05, 3.63) is 28.6 Å². The molecule has 0 radical (unpaired) electrons. The van der Waals surface area contributed by atoms with Crippen molar-refractivity contribution in [2.24, 2.45) is 0 Å². The summed E-state index contributed by atoms with van der Waals surface area (Å²) in [4.78, 5) is 12.6. The molecule has 0 unspecified atom stereocenters. The number of nitrogens with two attached hydrogens (primary N) is 1. The first-order valence-corrected chi connectivity index (χ1v) is 6.66. The van der Waals surface area contributed by atoms with Crippen LogP contribution in [0.3, 0.4) is 0 Å². The van der Waals surface area contributed by atoms with Gasteiger partial charge in [0.25, 0.3) is 5.56 Å². The second-order valence-electron chi connectivity index (χ2n) is 4.85.